The van der Waals surface area contributed by atoms with Crippen LogP contribution in [-0.4, -0.2) is 31.1 Å². The number of halogens is 1. The fourth-order valence-electron chi connectivity index (χ4n) is 2.98. The minimum atomic E-state index is -0.229. The highest BCUT2D eigenvalue weighted by molar-refractivity contribution is 5.22. The van der Waals surface area contributed by atoms with Gasteiger partial charge in [-0.1, -0.05) is 25.8 Å². The molecule has 0 amide bonds. The van der Waals surface area contributed by atoms with E-state index in [9.17, 15) is 4.39 Å². The van der Waals surface area contributed by atoms with Crippen LogP contribution in [0.5, 0.6) is 5.75 Å². The first-order chi connectivity index (χ1) is 10.3. The number of benzene rings is 1. The van der Waals surface area contributed by atoms with E-state index in [1.54, 1.807) is 6.07 Å². The van der Waals surface area contributed by atoms with E-state index in [-0.39, 0.29) is 5.82 Å². The second kappa shape index (κ2) is 9.04. The van der Waals surface area contributed by atoms with E-state index in [1.807, 2.05) is 6.07 Å². The lowest BCUT2D eigenvalue weighted by atomic mass is 9.94. The molecule has 1 aliphatic heterocycles. The van der Waals surface area contributed by atoms with E-state index < -0.39 is 0 Å². The fourth-order valence-corrected chi connectivity index (χ4v) is 2.98. The van der Waals surface area contributed by atoms with Gasteiger partial charge in [0.15, 0.2) is 0 Å². The van der Waals surface area contributed by atoms with Gasteiger partial charge in [-0.15, -0.1) is 0 Å². The Morgan fingerprint density at radius 2 is 2.05 bits per heavy atom. The number of unbranched alkanes of at least 4 members (excludes halogenated alkanes) is 2. The molecule has 0 unspecified atom stereocenters. The van der Waals surface area contributed by atoms with Crippen LogP contribution in [0, 0.1) is 11.7 Å². The molecule has 3 heteroatoms. The van der Waals surface area contributed by atoms with E-state index in [0.717, 1.165) is 12.3 Å². The Balaban J connectivity index is 1.58. The number of nitrogens with zero attached hydrogens (tertiary/aromatic N) is 1. The zero-order chi connectivity index (χ0) is 14.9. The number of hydrogen-bond donors (Lipinski definition) is 0. The summed E-state index contributed by atoms with van der Waals surface area (Å²) >= 11 is 0. The van der Waals surface area contributed by atoms with Crippen LogP contribution in [0.15, 0.2) is 24.3 Å². The van der Waals surface area contributed by atoms with Crippen LogP contribution in [-0.2, 0) is 0 Å². The standard InChI is InChI=1S/C18H28FNO/c1-2-3-4-11-20-12-8-16(9-13-20)10-14-21-18-7-5-6-17(19)15-18/h5-7,15-16H,2-4,8-14H2,1H3. The van der Waals surface area contributed by atoms with Crippen molar-refractivity contribution in [1.82, 2.24) is 4.90 Å². The lowest BCUT2D eigenvalue weighted by molar-refractivity contribution is 0.161. The smallest absolute Gasteiger partial charge is 0.126 e. The van der Waals surface area contributed by atoms with Gasteiger partial charge < -0.3 is 9.64 Å². The summed E-state index contributed by atoms with van der Waals surface area (Å²) < 4.78 is 18.7. The zero-order valence-corrected chi connectivity index (χ0v) is 13.2. The Kier molecular flexibility index (Phi) is 7.01. The summed E-state index contributed by atoms with van der Waals surface area (Å²) in [5.74, 6) is 1.18. The molecule has 0 saturated carbocycles. The molecule has 2 rings (SSSR count). The fraction of sp³-hybridized carbons (Fsp3) is 0.667. The summed E-state index contributed by atoms with van der Waals surface area (Å²) in [5.41, 5.74) is 0. The number of likely N-dealkylation sites (tertiary alicyclic amines) is 1. The number of hydrogen-bond acceptors (Lipinski definition) is 2. The molecule has 118 valence electrons. The molecule has 21 heavy (non-hydrogen) atoms. The van der Waals surface area contributed by atoms with Crippen molar-refractivity contribution in [2.24, 2.45) is 5.92 Å². The topological polar surface area (TPSA) is 12.5 Å². The van der Waals surface area contributed by atoms with Crippen LogP contribution in [0.25, 0.3) is 0 Å². The first-order valence-electron chi connectivity index (χ1n) is 8.38. The molecule has 2 nitrogen and oxygen atoms in total. The summed E-state index contributed by atoms with van der Waals surface area (Å²) in [5, 5.41) is 0. The summed E-state index contributed by atoms with van der Waals surface area (Å²) in [7, 11) is 0. The minimum Gasteiger partial charge on any atom is -0.493 e. The van der Waals surface area contributed by atoms with E-state index >= 15 is 0 Å². The summed E-state index contributed by atoms with van der Waals surface area (Å²) in [6, 6.07) is 6.41. The maximum atomic E-state index is 13.0. The lowest BCUT2D eigenvalue weighted by Gasteiger charge is -2.31. The summed E-state index contributed by atoms with van der Waals surface area (Å²) in [6.45, 7) is 6.68. The van der Waals surface area contributed by atoms with Crippen LogP contribution >= 0.6 is 0 Å². The molecule has 0 radical (unpaired) electrons. The first-order valence-corrected chi connectivity index (χ1v) is 8.38. The predicted octanol–water partition coefficient (Wildman–Crippen LogP) is 4.50. The maximum Gasteiger partial charge on any atom is 0.126 e. The molecule has 1 fully saturated rings. The molecule has 0 N–H and O–H groups in total. The van der Waals surface area contributed by atoms with Gasteiger partial charge in [-0.3, -0.25) is 0 Å². The molecule has 0 spiro atoms. The highest BCUT2D eigenvalue weighted by Crippen LogP contribution is 2.21. The first kappa shape index (κ1) is 16.3. The molecular formula is C18H28FNO. The van der Waals surface area contributed by atoms with Gasteiger partial charge in [0.25, 0.3) is 0 Å². The van der Waals surface area contributed by atoms with Gasteiger partial charge in [0.2, 0.25) is 0 Å². The largest absolute Gasteiger partial charge is 0.493 e. The third-order valence-electron chi connectivity index (χ3n) is 4.38. The molecular weight excluding hydrogens is 265 g/mol. The van der Waals surface area contributed by atoms with Crippen molar-refractivity contribution in [3.63, 3.8) is 0 Å². The van der Waals surface area contributed by atoms with Crippen molar-refractivity contribution >= 4 is 0 Å². The van der Waals surface area contributed by atoms with Gasteiger partial charge >= 0.3 is 0 Å². The molecule has 0 bridgehead atoms. The van der Waals surface area contributed by atoms with Gasteiger partial charge in [0.1, 0.15) is 11.6 Å². The number of rotatable bonds is 8. The van der Waals surface area contributed by atoms with Gasteiger partial charge in [0.05, 0.1) is 6.61 Å². The van der Waals surface area contributed by atoms with Crippen molar-refractivity contribution in [2.45, 2.75) is 45.4 Å². The Bertz CT molecular complexity index is 402. The van der Waals surface area contributed by atoms with E-state index in [2.05, 4.69) is 11.8 Å². The summed E-state index contributed by atoms with van der Waals surface area (Å²) in [4.78, 5) is 2.60. The van der Waals surface area contributed by atoms with Crippen LogP contribution in [0.1, 0.15) is 45.4 Å². The second-order valence-electron chi connectivity index (χ2n) is 6.09. The zero-order valence-electron chi connectivity index (χ0n) is 13.2. The molecule has 0 aliphatic carbocycles. The van der Waals surface area contributed by atoms with Gasteiger partial charge in [-0.25, -0.2) is 4.39 Å². The molecule has 1 heterocycles. The van der Waals surface area contributed by atoms with Crippen molar-refractivity contribution in [1.29, 1.82) is 0 Å². The molecule has 0 atom stereocenters. The van der Waals surface area contributed by atoms with Crippen molar-refractivity contribution in [2.75, 3.05) is 26.2 Å². The predicted molar refractivity (Wildman–Crippen MR) is 85.2 cm³/mol. The van der Waals surface area contributed by atoms with Crippen LogP contribution in [0.4, 0.5) is 4.39 Å². The normalized spacial score (nSPS) is 17.0. The van der Waals surface area contributed by atoms with Crippen LogP contribution in [0.2, 0.25) is 0 Å². The van der Waals surface area contributed by atoms with Crippen molar-refractivity contribution < 1.29 is 9.13 Å². The highest BCUT2D eigenvalue weighted by atomic mass is 19.1. The average Bonchev–Trinajstić information content (AvgIpc) is 2.49. The Hall–Kier alpha value is -1.09. The molecule has 0 aromatic heterocycles. The highest BCUT2D eigenvalue weighted by Gasteiger charge is 2.18. The van der Waals surface area contributed by atoms with E-state index in [4.69, 9.17) is 4.74 Å². The number of ether oxygens (including phenoxy) is 1. The quantitative estimate of drug-likeness (QED) is 0.654. The van der Waals surface area contributed by atoms with Gasteiger partial charge in [-0.2, -0.15) is 0 Å². The maximum absolute atomic E-state index is 13.0. The van der Waals surface area contributed by atoms with E-state index in [1.165, 1.54) is 63.9 Å². The van der Waals surface area contributed by atoms with Gasteiger partial charge in [-0.05, 0) is 63.4 Å². The second-order valence-corrected chi connectivity index (χ2v) is 6.09. The Labute approximate surface area is 128 Å². The van der Waals surface area contributed by atoms with Crippen molar-refractivity contribution in [3.8, 4) is 5.75 Å². The Morgan fingerprint density at radius 3 is 2.76 bits per heavy atom. The molecule has 1 aromatic carbocycles. The number of piperidine rings is 1. The average molecular weight is 293 g/mol. The van der Waals surface area contributed by atoms with E-state index in [0.29, 0.717) is 12.4 Å². The third kappa shape index (κ3) is 6.04. The van der Waals surface area contributed by atoms with Gasteiger partial charge in [0, 0.05) is 6.07 Å². The molecule has 1 saturated heterocycles. The Morgan fingerprint density at radius 1 is 1.24 bits per heavy atom. The monoisotopic (exact) mass is 293 g/mol. The lowest BCUT2D eigenvalue weighted by Crippen LogP contribution is -2.34. The SMILES string of the molecule is CCCCCN1CCC(CCOc2cccc(F)c2)CC1. The third-order valence-corrected chi connectivity index (χ3v) is 4.38. The van der Waals surface area contributed by atoms with Crippen LogP contribution in [0.3, 0.4) is 0 Å². The van der Waals surface area contributed by atoms with Crippen LogP contribution < -0.4 is 4.74 Å². The summed E-state index contributed by atoms with van der Waals surface area (Å²) in [6.07, 6.45) is 7.62. The molecule has 1 aliphatic rings. The van der Waals surface area contributed by atoms with Crippen molar-refractivity contribution in [3.05, 3.63) is 30.1 Å². The molecule has 1 aromatic rings. The minimum absolute atomic E-state index is 0.229.